The van der Waals surface area contributed by atoms with E-state index in [0.29, 0.717) is 5.41 Å². The molecule has 0 aromatic heterocycles. The Labute approximate surface area is 117 Å². The van der Waals surface area contributed by atoms with E-state index in [1.165, 1.54) is 45.3 Å². The second kappa shape index (κ2) is 9.38. The summed E-state index contributed by atoms with van der Waals surface area (Å²) in [6.45, 7) is 15.2. The Hall–Kier alpha value is 0.440. The largest absolute Gasteiger partial charge is 0.303 e. The molecule has 104 valence electrons. The van der Waals surface area contributed by atoms with Crippen LogP contribution in [0, 0.1) is 11.3 Å². The SMILES string of the molecule is CCCC(CBr)(CCC)CN(CC)CC(C)C. The van der Waals surface area contributed by atoms with Gasteiger partial charge in [0.15, 0.2) is 0 Å². The summed E-state index contributed by atoms with van der Waals surface area (Å²) in [5.41, 5.74) is 0.494. The van der Waals surface area contributed by atoms with E-state index in [1.54, 1.807) is 0 Å². The lowest BCUT2D eigenvalue weighted by atomic mass is 9.80. The quantitative estimate of drug-likeness (QED) is 0.516. The molecule has 0 atom stereocenters. The highest BCUT2D eigenvalue weighted by Crippen LogP contribution is 2.33. The zero-order valence-electron chi connectivity index (χ0n) is 12.6. The van der Waals surface area contributed by atoms with Crippen LogP contribution in [0.4, 0.5) is 0 Å². The fraction of sp³-hybridized carbons (Fsp3) is 1.00. The van der Waals surface area contributed by atoms with Gasteiger partial charge in [-0.2, -0.15) is 0 Å². The number of halogens is 1. The van der Waals surface area contributed by atoms with Crippen LogP contribution in [0.1, 0.15) is 60.3 Å². The highest BCUT2D eigenvalue weighted by Gasteiger charge is 2.29. The van der Waals surface area contributed by atoms with E-state index in [-0.39, 0.29) is 0 Å². The first kappa shape index (κ1) is 17.4. The van der Waals surface area contributed by atoms with Crippen LogP contribution in [-0.2, 0) is 0 Å². The van der Waals surface area contributed by atoms with E-state index in [0.717, 1.165) is 11.2 Å². The highest BCUT2D eigenvalue weighted by atomic mass is 79.9. The lowest BCUT2D eigenvalue weighted by molar-refractivity contribution is 0.140. The number of rotatable bonds is 10. The third-order valence-corrected chi connectivity index (χ3v) is 4.66. The highest BCUT2D eigenvalue weighted by molar-refractivity contribution is 9.09. The van der Waals surface area contributed by atoms with Gasteiger partial charge >= 0.3 is 0 Å². The Balaban J connectivity index is 4.55. The van der Waals surface area contributed by atoms with E-state index in [2.05, 4.69) is 55.4 Å². The zero-order valence-corrected chi connectivity index (χ0v) is 14.1. The maximum Gasteiger partial charge on any atom is 0.0100 e. The molecule has 0 aliphatic carbocycles. The van der Waals surface area contributed by atoms with Gasteiger partial charge < -0.3 is 4.90 Å². The normalized spacial score (nSPS) is 12.7. The standard InChI is InChI=1S/C15H32BrN/c1-6-9-15(12-16,10-7-2)13-17(8-3)11-14(4)5/h14H,6-13H2,1-5H3. The molecule has 0 aliphatic rings. The van der Waals surface area contributed by atoms with Crippen LogP contribution in [0.5, 0.6) is 0 Å². The molecule has 1 nitrogen and oxygen atoms in total. The lowest BCUT2D eigenvalue weighted by Gasteiger charge is -2.37. The topological polar surface area (TPSA) is 3.24 Å². The first-order chi connectivity index (χ1) is 8.03. The van der Waals surface area contributed by atoms with Crippen LogP contribution < -0.4 is 0 Å². The molecule has 0 unspecified atom stereocenters. The average molecular weight is 306 g/mol. The second-order valence-electron chi connectivity index (χ2n) is 5.86. The zero-order chi connectivity index (χ0) is 13.3. The van der Waals surface area contributed by atoms with Gasteiger partial charge in [0.25, 0.3) is 0 Å². The minimum Gasteiger partial charge on any atom is -0.303 e. The molecule has 0 aromatic carbocycles. The third-order valence-electron chi connectivity index (χ3n) is 3.47. The smallest absolute Gasteiger partial charge is 0.0100 e. The van der Waals surface area contributed by atoms with E-state index in [1.807, 2.05) is 0 Å². The fourth-order valence-electron chi connectivity index (χ4n) is 2.82. The molecule has 0 spiro atoms. The van der Waals surface area contributed by atoms with Crippen LogP contribution in [0.15, 0.2) is 0 Å². The first-order valence-corrected chi connectivity index (χ1v) is 8.44. The molecule has 0 N–H and O–H groups in total. The maximum absolute atomic E-state index is 3.77. The van der Waals surface area contributed by atoms with Crippen LogP contribution in [0.25, 0.3) is 0 Å². The van der Waals surface area contributed by atoms with Crippen LogP contribution in [0.2, 0.25) is 0 Å². The third kappa shape index (κ3) is 6.81. The van der Waals surface area contributed by atoms with Crippen molar-refractivity contribution >= 4 is 15.9 Å². The predicted molar refractivity (Wildman–Crippen MR) is 83.0 cm³/mol. The van der Waals surface area contributed by atoms with Crippen molar-refractivity contribution in [2.75, 3.05) is 25.0 Å². The summed E-state index contributed by atoms with van der Waals surface area (Å²) in [5.74, 6) is 0.770. The molecular weight excluding hydrogens is 274 g/mol. The van der Waals surface area contributed by atoms with Gasteiger partial charge in [-0.1, -0.05) is 63.4 Å². The predicted octanol–water partition coefficient (Wildman–Crippen LogP) is 4.95. The molecule has 0 aliphatic heterocycles. The number of hydrogen-bond acceptors (Lipinski definition) is 1. The summed E-state index contributed by atoms with van der Waals surface area (Å²) < 4.78 is 0. The van der Waals surface area contributed by atoms with Gasteiger partial charge in [-0.25, -0.2) is 0 Å². The van der Waals surface area contributed by atoms with E-state index in [9.17, 15) is 0 Å². The van der Waals surface area contributed by atoms with Crippen molar-refractivity contribution in [3.05, 3.63) is 0 Å². The molecule has 0 saturated heterocycles. The van der Waals surface area contributed by atoms with Crippen molar-refractivity contribution in [1.82, 2.24) is 4.90 Å². The molecule has 0 aromatic rings. The maximum atomic E-state index is 3.77. The molecule has 0 bridgehead atoms. The Kier molecular flexibility index (Phi) is 9.62. The van der Waals surface area contributed by atoms with Crippen LogP contribution in [0.3, 0.4) is 0 Å². The summed E-state index contributed by atoms with van der Waals surface area (Å²) in [7, 11) is 0. The van der Waals surface area contributed by atoms with E-state index in [4.69, 9.17) is 0 Å². The van der Waals surface area contributed by atoms with Crippen molar-refractivity contribution in [1.29, 1.82) is 0 Å². The van der Waals surface area contributed by atoms with Crippen LogP contribution in [-0.4, -0.2) is 29.9 Å². The van der Waals surface area contributed by atoms with Crippen molar-refractivity contribution in [2.24, 2.45) is 11.3 Å². The molecule has 17 heavy (non-hydrogen) atoms. The molecule has 0 heterocycles. The number of nitrogens with zero attached hydrogens (tertiary/aromatic N) is 1. The van der Waals surface area contributed by atoms with E-state index < -0.39 is 0 Å². The first-order valence-electron chi connectivity index (χ1n) is 7.31. The van der Waals surface area contributed by atoms with Gasteiger partial charge in [-0.15, -0.1) is 0 Å². The van der Waals surface area contributed by atoms with Crippen molar-refractivity contribution in [3.8, 4) is 0 Å². The fourth-order valence-corrected chi connectivity index (χ4v) is 3.55. The summed E-state index contributed by atoms with van der Waals surface area (Å²) in [6, 6.07) is 0. The number of hydrogen-bond donors (Lipinski definition) is 0. The molecule has 2 heteroatoms. The Morgan fingerprint density at radius 2 is 1.59 bits per heavy atom. The Morgan fingerprint density at radius 1 is 1.06 bits per heavy atom. The van der Waals surface area contributed by atoms with Crippen molar-refractivity contribution < 1.29 is 0 Å². The minimum atomic E-state index is 0.494. The molecular formula is C15H32BrN. The average Bonchev–Trinajstić information content (AvgIpc) is 2.28. The second-order valence-corrected chi connectivity index (χ2v) is 6.42. The molecule has 0 saturated carbocycles. The van der Waals surface area contributed by atoms with E-state index >= 15 is 0 Å². The Morgan fingerprint density at radius 3 is 1.88 bits per heavy atom. The van der Waals surface area contributed by atoms with Gasteiger partial charge in [0, 0.05) is 18.4 Å². The number of alkyl halides is 1. The van der Waals surface area contributed by atoms with Crippen molar-refractivity contribution in [2.45, 2.75) is 60.3 Å². The van der Waals surface area contributed by atoms with Gasteiger partial charge in [0.1, 0.15) is 0 Å². The summed E-state index contributed by atoms with van der Waals surface area (Å²) in [6.07, 6.45) is 5.29. The summed E-state index contributed by atoms with van der Waals surface area (Å²) >= 11 is 3.77. The van der Waals surface area contributed by atoms with Crippen LogP contribution >= 0.6 is 15.9 Å². The molecule has 0 radical (unpaired) electrons. The summed E-state index contributed by atoms with van der Waals surface area (Å²) in [4.78, 5) is 2.64. The van der Waals surface area contributed by atoms with Crippen molar-refractivity contribution in [3.63, 3.8) is 0 Å². The Bertz CT molecular complexity index is 174. The van der Waals surface area contributed by atoms with Gasteiger partial charge in [0.05, 0.1) is 0 Å². The molecule has 0 amide bonds. The monoisotopic (exact) mass is 305 g/mol. The summed E-state index contributed by atoms with van der Waals surface area (Å²) in [5, 5.41) is 1.15. The molecule has 0 rings (SSSR count). The lowest BCUT2D eigenvalue weighted by Crippen LogP contribution is -2.40. The van der Waals surface area contributed by atoms with Gasteiger partial charge in [-0.05, 0) is 30.7 Å². The van der Waals surface area contributed by atoms with Gasteiger partial charge in [0.2, 0.25) is 0 Å². The van der Waals surface area contributed by atoms with Gasteiger partial charge in [-0.3, -0.25) is 0 Å². The molecule has 0 fully saturated rings. The minimum absolute atomic E-state index is 0.494.